The van der Waals surface area contributed by atoms with Crippen molar-refractivity contribution in [2.24, 2.45) is 0 Å². The average molecular weight is 529 g/mol. The highest BCUT2D eigenvalue weighted by atomic mass is 32.2. The number of nitrogens with one attached hydrogen (secondary N) is 2. The van der Waals surface area contributed by atoms with Crippen molar-refractivity contribution in [3.63, 3.8) is 0 Å². The minimum absolute atomic E-state index is 0.0759. The molecule has 0 bridgehead atoms. The van der Waals surface area contributed by atoms with Gasteiger partial charge in [-0.05, 0) is 48.5 Å². The van der Waals surface area contributed by atoms with Crippen molar-refractivity contribution >= 4 is 32.5 Å². The van der Waals surface area contributed by atoms with Gasteiger partial charge < -0.3 is 10.1 Å². The molecule has 2 N–H and O–H groups in total. The van der Waals surface area contributed by atoms with Crippen LogP contribution in [0.25, 0.3) is 11.0 Å². The Morgan fingerprint density at radius 3 is 2.65 bits per heavy atom. The molecule has 1 saturated heterocycles. The van der Waals surface area contributed by atoms with E-state index in [1.54, 1.807) is 0 Å². The van der Waals surface area contributed by atoms with Gasteiger partial charge in [0.15, 0.2) is 11.6 Å². The quantitative estimate of drug-likeness (QED) is 0.367. The zero-order chi connectivity index (χ0) is 26.2. The van der Waals surface area contributed by atoms with E-state index < -0.39 is 49.4 Å². The zero-order valence-corrected chi connectivity index (χ0v) is 19.9. The lowest BCUT2D eigenvalue weighted by molar-refractivity contribution is 0.0250. The predicted octanol–water partition coefficient (Wildman–Crippen LogP) is 3.74. The first-order valence-electron chi connectivity index (χ1n) is 11.1. The molecular weight excluding hydrogens is 509 g/mol. The highest BCUT2D eigenvalue weighted by Gasteiger charge is 2.25. The van der Waals surface area contributed by atoms with Gasteiger partial charge in [0, 0.05) is 18.7 Å². The number of halogens is 3. The molecule has 12 heteroatoms. The Morgan fingerprint density at radius 1 is 1.05 bits per heavy atom. The topological polar surface area (TPSA) is 110 Å². The summed E-state index contributed by atoms with van der Waals surface area (Å²) >= 11 is 0. The van der Waals surface area contributed by atoms with Crippen molar-refractivity contribution in [3.8, 4) is 0 Å². The summed E-state index contributed by atoms with van der Waals surface area (Å²) in [7, 11) is -4.42. The highest BCUT2D eigenvalue weighted by molar-refractivity contribution is 7.92. The fourth-order valence-corrected chi connectivity index (χ4v) is 4.99. The van der Waals surface area contributed by atoms with E-state index in [1.165, 1.54) is 30.5 Å². The Balaban J connectivity index is 1.45. The van der Waals surface area contributed by atoms with E-state index in [9.17, 15) is 22.0 Å². The van der Waals surface area contributed by atoms with Gasteiger partial charge in [-0.3, -0.25) is 14.5 Å². The first-order valence-corrected chi connectivity index (χ1v) is 12.6. The van der Waals surface area contributed by atoms with E-state index in [-0.39, 0.29) is 11.7 Å². The van der Waals surface area contributed by atoms with Crippen molar-refractivity contribution in [2.45, 2.75) is 11.0 Å². The number of carbonyl (C=O) groups is 1. The maximum Gasteiger partial charge on any atom is 0.262 e. The second-order valence-electron chi connectivity index (χ2n) is 8.24. The number of hydrogen-bond donors (Lipinski definition) is 2. The maximum absolute atomic E-state index is 15.3. The molecule has 0 amide bonds. The lowest BCUT2D eigenvalue weighted by atomic mass is 10.0. The Hall–Kier alpha value is -3.87. The lowest BCUT2D eigenvalue weighted by Gasteiger charge is -2.22. The van der Waals surface area contributed by atoms with E-state index in [0.29, 0.717) is 29.9 Å². The second-order valence-corrected chi connectivity index (χ2v) is 9.92. The van der Waals surface area contributed by atoms with E-state index >= 15 is 4.39 Å². The third kappa shape index (κ3) is 5.03. The smallest absolute Gasteiger partial charge is 0.262 e. The van der Waals surface area contributed by atoms with Crippen LogP contribution in [-0.2, 0) is 14.8 Å². The minimum atomic E-state index is -4.42. The highest BCUT2D eigenvalue weighted by Crippen LogP contribution is 2.27. The van der Waals surface area contributed by atoms with Crippen LogP contribution < -0.4 is 10.0 Å². The molecule has 1 aliphatic rings. The van der Waals surface area contributed by atoms with Crippen LogP contribution in [-0.4, -0.2) is 43.9 Å². The number of rotatable bonds is 6. The first kappa shape index (κ1) is 24.8. The van der Waals surface area contributed by atoms with Crippen LogP contribution >= 0.6 is 0 Å². The monoisotopic (exact) mass is 528 g/mol. The summed E-state index contributed by atoms with van der Waals surface area (Å²) in [6.45, 7) is 1.85. The molecule has 0 radical (unpaired) electrons. The summed E-state index contributed by atoms with van der Waals surface area (Å²) in [5.41, 5.74) is -0.310. The van der Waals surface area contributed by atoms with Crippen molar-refractivity contribution in [3.05, 3.63) is 95.1 Å². The number of sulfonamides is 1. The van der Waals surface area contributed by atoms with Gasteiger partial charge in [0.2, 0.25) is 0 Å². The van der Waals surface area contributed by atoms with Crippen molar-refractivity contribution in [1.82, 2.24) is 15.3 Å². The molecular formula is C25H19F3N4O4S. The number of nitrogens with zero attached hydrogens (tertiary/aromatic N) is 2. The van der Waals surface area contributed by atoms with Gasteiger partial charge >= 0.3 is 0 Å². The van der Waals surface area contributed by atoms with E-state index in [4.69, 9.17) is 4.74 Å². The summed E-state index contributed by atoms with van der Waals surface area (Å²) in [6, 6.07) is 9.88. The van der Waals surface area contributed by atoms with E-state index in [1.807, 2.05) is 4.72 Å². The van der Waals surface area contributed by atoms with Gasteiger partial charge in [0.25, 0.3) is 10.0 Å². The minimum Gasteiger partial charge on any atom is -0.369 e. The Labute approximate surface area is 209 Å². The zero-order valence-electron chi connectivity index (χ0n) is 19.0. The van der Waals surface area contributed by atoms with Gasteiger partial charge in [-0.25, -0.2) is 26.6 Å². The Morgan fingerprint density at radius 2 is 1.89 bits per heavy atom. The molecule has 190 valence electrons. The third-order valence-corrected chi connectivity index (χ3v) is 7.11. The largest absolute Gasteiger partial charge is 0.369 e. The molecule has 3 aromatic carbocycles. The molecule has 1 aliphatic heterocycles. The maximum atomic E-state index is 15.3. The Kier molecular flexibility index (Phi) is 6.63. The number of carbonyl (C=O) groups excluding carboxylic acids is 1. The fourth-order valence-electron chi connectivity index (χ4n) is 3.90. The third-order valence-electron chi connectivity index (χ3n) is 5.75. The summed E-state index contributed by atoms with van der Waals surface area (Å²) in [5, 5.41) is 3.20. The van der Waals surface area contributed by atoms with Gasteiger partial charge in [-0.15, -0.1) is 0 Å². The van der Waals surface area contributed by atoms with Gasteiger partial charge in [-0.2, -0.15) is 0 Å². The van der Waals surface area contributed by atoms with Crippen LogP contribution in [0.4, 0.5) is 18.9 Å². The summed E-state index contributed by atoms with van der Waals surface area (Å²) in [4.78, 5) is 21.4. The van der Waals surface area contributed by atoms with Crippen LogP contribution in [0.3, 0.4) is 0 Å². The summed E-state index contributed by atoms with van der Waals surface area (Å²) in [6.07, 6.45) is 1.24. The second kappa shape index (κ2) is 9.88. The number of ether oxygens (including phenoxy) is 1. The molecule has 5 rings (SSSR count). The van der Waals surface area contributed by atoms with Crippen LogP contribution in [0.5, 0.6) is 0 Å². The summed E-state index contributed by atoms with van der Waals surface area (Å²) in [5.74, 6) is -4.42. The fraction of sp³-hybridized carbons (Fsp3) is 0.160. The van der Waals surface area contributed by atoms with Crippen LogP contribution in [0.1, 0.15) is 27.7 Å². The molecule has 1 fully saturated rings. The number of benzene rings is 3. The number of anilines is 1. The molecule has 2 heterocycles. The molecule has 8 nitrogen and oxygen atoms in total. The van der Waals surface area contributed by atoms with E-state index in [2.05, 4.69) is 15.3 Å². The van der Waals surface area contributed by atoms with Crippen LogP contribution in [0.15, 0.2) is 65.7 Å². The summed E-state index contributed by atoms with van der Waals surface area (Å²) < 4.78 is 76.1. The molecule has 1 aromatic heterocycles. The number of morpholine rings is 1. The molecule has 0 spiro atoms. The van der Waals surface area contributed by atoms with E-state index in [0.717, 1.165) is 36.9 Å². The predicted molar refractivity (Wildman–Crippen MR) is 128 cm³/mol. The number of hydrogen-bond acceptors (Lipinski definition) is 7. The Bertz CT molecular complexity index is 1630. The molecule has 1 atom stereocenters. The molecule has 0 saturated carbocycles. The van der Waals surface area contributed by atoms with Gasteiger partial charge in [0.1, 0.15) is 17.7 Å². The number of aromatic nitrogens is 2. The van der Waals surface area contributed by atoms with Crippen LogP contribution in [0, 0.1) is 17.5 Å². The first-order chi connectivity index (χ1) is 17.7. The molecule has 0 aliphatic carbocycles. The SMILES string of the molecule is O=C(c1ccc2nc(C3CNCCO3)cnc2c1)c1c(F)ccc(NS(=O)(=O)c2cccc(F)c2)c1F. The van der Waals surface area contributed by atoms with Crippen LogP contribution in [0.2, 0.25) is 0 Å². The van der Waals surface area contributed by atoms with Crippen molar-refractivity contribution in [1.29, 1.82) is 0 Å². The number of ketones is 1. The lowest BCUT2D eigenvalue weighted by Crippen LogP contribution is -2.33. The molecule has 37 heavy (non-hydrogen) atoms. The molecule has 1 unspecified atom stereocenters. The van der Waals surface area contributed by atoms with Crippen molar-refractivity contribution in [2.75, 3.05) is 24.4 Å². The average Bonchev–Trinajstić information content (AvgIpc) is 2.90. The van der Waals surface area contributed by atoms with Crippen molar-refractivity contribution < 1.29 is 31.1 Å². The normalized spacial score (nSPS) is 16.0. The van der Waals surface area contributed by atoms with Gasteiger partial charge in [0.05, 0.1) is 45.7 Å². The van der Waals surface area contributed by atoms with Gasteiger partial charge in [-0.1, -0.05) is 6.07 Å². The molecule has 4 aromatic rings. The standard InChI is InChI=1S/C25H19F3N4O4S/c26-15-2-1-3-16(11-15)37(34,35)32-19-7-5-17(27)23(24(19)28)25(33)14-4-6-18-20(10-14)30-12-21(31-18)22-13-29-8-9-36-22/h1-7,10-12,22,29,32H,8-9,13H2. The number of fused-ring (bicyclic) bond motifs is 1.